The van der Waals surface area contributed by atoms with Gasteiger partial charge in [0.05, 0.1) is 28.4 Å². The van der Waals surface area contributed by atoms with Gasteiger partial charge in [0.2, 0.25) is 0 Å². The van der Waals surface area contributed by atoms with Crippen molar-refractivity contribution in [1.29, 1.82) is 5.26 Å². The molecule has 0 saturated carbocycles. The lowest BCUT2D eigenvalue weighted by atomic mass is 10.1. The van der Waals surface area contributed by atoms with Crippen LogP contribution < -0.4 is 24.3 Å². The maximum atomic E-state index is 12.4. The third kappa shape index (κ3) is 4.70. The first-order valence-electron chi connectivity index (χ1n) is 7.93. The van der Waals surface area contributed by atoms with Crippen molar-refractivity contribution in [3.8, 4) is 29.1 Å². The number of hydrogen-bond donors (Lipinski definition) is 1. The second-order valence-electron chi connectivity index (χ2n) is 5.30. The molecule has 0 saturated heterocycles. The molecule has 1 N–H and O–H groups in total. The SMILES string of the molecule is COc1ccc(NC(=O)/C(C#N)=C\c2cc(OC)c(OC)cc2OC)cc1. The van der Waals surface area contributed by atoms with Gasteiger partial charge in [-0.05, 0) is 36.4 Å². The Morgan fingerprint density at radius 3 is 2.04 bits per heavy atom. The van der Waals surface area contributed by atoms with Gasteiger partial charge in [-0.2, -0.15) is 5.26 Å². The van der Waals surface area contributed by atoms with E-state index in [9.17, 15) is 10.1 Å². The fourth-order valence-corrected chi connectivity index (χ4v) is 2.34. The minimum Gasteiger partial charge on any atom is -0.497 e. The monoisotopic (exact) mass is 368 g/mol. The molecule has 27 heavy (non-hydrogen) atoms. The number of methoxy groups -OCH3 is 4. The third-order valence-electron chi connectivity index (χ3n) is 3.75. The van der Waals surface area contributed by atoms with Crippen LogP contribution in [0.2, 0.25) is 0 Å². The van der Waals surface area contributed by atoms with Crippen LogP contribution >= 0.6 is 0 Å². The number of nitrogens with one attached hydrogen (secondary N) is 1. The van der Waals surface area contributed by atoms with Gasteiger partial charge in [0.25, 0.3) is 5.91 Å². The molecule has 0 aliphatic rings. The first kappa shape index (κ1) is 19.7. The van der Waals surface area contributed by atoms with E-state index in [4.69, 9.17) is 18.9 Å². The fraction of sp³-hybridized carbons (Fsp3) is 0.200. The van der Waals surface area contributed by atoms with Crippen LogP contribution in [-0.4, -0.2) is 34.3 Å². The highest BCUT2D eigenvalue weighted by Crippen LogP contribution is 2.35. The maximum absolute atomic E-state index is 12.4. The number of anilines is 1. The molecule has 7 heteroatoms. The van der Waals surface area contributed by atoms with Gasteiger partial charge < -0.3 is 24.3 Å². The summed E-state index contributed by atoms with van der Waals surface area (Å²) in [6.45, 7) is 0. The lowest BCUT2D eigenvalue weighted by molar-refractivity contribution is -0.112. The molecule has 0 fully saturated rings. The molecular formula is C20H20N2O5. The fourth-order valence-electron chi connectivity index (χ4n) is 2.34. The Morgan fingerprint density at radius 2 is 1.52 bits per heavy atom. The Balaban J connectivity index is 2.33. The number of benzene rings is 2. The van der Waals surface area contributed by atoms with Gasteiger partial charge >= 0.3 is 0 Å². The van der Waals surface area contributed by atoms with Crippen LogP contribution in [0, 0.1) is 11.3 Å². The van der Waals surface area contributed by atoms with E-state index >= 15 is 0 Å². The maximum Gasteiger partial charge on any atom is 0.266 e. The first-order valence-corrected chi connectivity index (χ1v) is 7.93. The molecule has 140 valence electrons. The molecular weight excluding hydrogens is 348 g/mol. The van der Waals surface area contributed by atoms with E-state index < -0.39 is 5.91 Å². The van der Waals surface area contributed by atoms with Crippen molar-refractivity contribution in [2.24, 2.45) is 0 Å². The topological polar surface area (TPSA) is 89.8 Å². The van der Waals surface area contributed by atoms with Crippen molar-refractivity contribution in [3.05, 3.63) is 47.5 Å². The normalized spacial score (nSPS) is 10.6. The molecule has 2 rings (SSSR count). The zero-order chi connectivity index (χ0) is 19.8. The van der Waals surface area contributed by atoms with Crippen molar-refractivity contribution in [2.75, 3.05) is 33.8 Å². The second-order valence-corrected chi connectivity index (χ2v) is 5.30. The molecule has 0 spiro atoms. The Labute approximate surface area is 157 Å². The Bertz CT molecular complexity index is 882. The molecule has 1 amide bonds. The molecule has 0 bridgehead atoms. The molecule has 0 aliphatic heterocycles. The molecule has 2 aromatic rings. The third-order valence-corrected chi connectivity index (χ3v) is 3.75. The van der Waals surface area contributed by atoms with Crippen molar-refractivity contribution in [3.63, 3.8) is 0 Å². The lowest BCUT2D eigenvalue weighted by Gasteiger charge is -2.12. The van der Waals surface area contributed by atoms with E-state index in [2.05, 4.69) is 5.32 Å². The number of carbonyl (C=O) groups excluding carboxylic acids is 1. The molecule has 0 atom stereocenters. The summed E-state index contributed by atoms with van der Waals surface area (Å²) in [6.07, 6.45) is 1.43. The van der Waals surface area contributed by atoms with Crippen molar-refractivity contribution < 1.29 is 23.7 Å². The summed E-state index contributed by atoms with van der Waals surface area (Å²) >= 11 is 0. The van der Waals surface area contributed by atoms with Crippen LogP contribution in [0.3, 0.4) is 0 Å². The van der Waals surface area contributed by atoms with Gasteiger partial charge in [-0.1, -0.05) is 0 Å². The summed E-state index contributed by atoms with van der Waals surface area (Å²) in [5, 5.41) is 12.1. The predicted octanol–water partition coefficient (Wildman–Crippen LogP) is 3.27. The Hall–Kier alpha value is -3.66. The Kier molecular flexibility index (Phi) is 6.67. The molecule has 0 heterocycles. The zero-order valence-electron chi connectivity index (χ0n) is 15.5. The minimum atomic E-state index is -0.542. The van der Waals surface area contributed by atoms with Gasteiger partial charge in [-0.15, -0.1) is 0 Å². The minimum absolute atomic E-state index is 0.0867. The van der Waals surface area contributed by atoms with E-state index in [1.165, 1.54) is 27.4 Å². The quantitative estimate of drug-likeness (QED) is 0.596. The van der Waals surface area contributed by atoms with E-state index in [1.54, 1.807) is 43.5 Å². The summed E-state index contributed by atoms with van der Waals surface area (Å²) in [4.78, 5) is 12.4. The number of carbonyl (C=O) groups is 1. The van der Waals surface area contributed by atoms with Crippen LogP contribution in [-0.2, 0) is 4.79 Å². The van der Waals surface area contributed by atoms with Crippen LogP contribution in [0.25, 0.3) is 6.08 Å². The van der Waals surface area contributed by atoms with Gasteiger partial charge in [-0.25, -0.2) is 0 Å². The molecule has 2 aromatic carbocycles. The zero-order valence-corrected chi connectivity index (χ0v) is 15.5. The Morgan fingerprint density at radius 1 is 0.926 bits per heavy atom. The summed E-state index contributed by atoms with van der Waals surface area (Å²) in [6, 6.07) is 12.0. The van der Waals surface area contributed by atoms with E-state index in [0.717, 1.165) is 0 Å². The average molecular weight is 368 g/mol. The van der Waals surface area contributed by atoms with Gasteiger partial charge in [-0.3, -0.25) is 4.79 Å². The number of rotatable bonds is 7. The van der Waals surface area contributed by atoms with Crippen LogP contribution in [0.1, 0.15) is 5.56 Å². The largest absolute Gasteiger partial charge is 0.497 e. The molecule has 0 unspecified atom stereocenters. The summed E-state index contributed by atoms with van der Waals surface area (Å²) in [5.41, 5.74) is 0.967. The van der Waals surface area contributed by atoms with Gasteiger partial charge in [0.15, 0.2) is 11.5 Å². The van der Waals surface area contributed by atoms with Crippen LogP contribution in [0.15, 0.2) is 42.0 Å². The van der Waals surface area contributed by atoms with E-state index in [-0.39, 0.29) is 5.57 Å². The van der Waals surface area contributed by atoms with Gasteiger partial charge in [0, 0.05) is 17.3 Å². The molecule has 7 nitrogen and oxygen atoms in total. The number of nitrogens with zero attached hydrogens (tertiary/aromatic N) is 1. The van der Waals surface area contributed by atoms with Crippen molar-refractivity contribution >= 4 is 17.7 Å². The number of hydrogen-bond acceptors (Lipinski definition) is 6. The second kappa shape index (κ2) is 9.15. The van der Waals surface area contributed by atoms with Crippen LogP contribution in [0.4, 0.5) is 5.69 Å². The number of ether oxygens (including phenoxy) is 4. The van der Waals surface area contributed by atoms with Gasteiger partial charge in [0.1, 0.15) is 23.1 Å². The molecule has 0 aliphatic carbocycles. The first-order chi connectivity index (χ1) is 13.1. The smallest absolute Gasteiger partial charge is 0.266 e. The summed E-state index contributed by atoms with van der Waals surface area (Å²) in [7, 11) is 6.05. The van der Waals surface area contributed by atoms with E-state index in [1.807, 2.05) is 6.07 Å². The standard InChI is InChI=1S/C20H20N2O5/c1-24-16-7-5-15(6-8-16)22-20(23)14(12-21)9-13-10-18(26-3)19(27-4)11-17(13)25-2/h5-11H,1-4H3,(H,22,23)/b14-9-. The lowest BCUT2D eigenvalue weighted by Crippen LogP contribution is -2.13. The molecule has 0 aromatic heterocycles. The number of amides is 1. The molecule has 0 radical (unpaired) electrons. The number of nitriles is 1. The van der Waals surface area contributed by atoms with E-state index in [0.29, 0.717) is 34.2 Å². The highest BCUT2D eigenvalue weighted by Gasteiger charge is 2.14. The van der Waals surface area contributed by atoms with Crippen molar-refractivity contribution in [1.82, 2.24) is 0 Å². The summed E-state index contributed by atoms with van der Waals surface area (Å²) < 4.78 is 20.9. The average Bonchev–Trinajstić information content (AvgIpc) is 2.71. The van der Waals surface area contributed by atoms with Crippen molar-refractivity contribution in [2.45, 2.75) is 0 Å². The van der Waals surface area contributed by atoms with Crippen LogP contribution in [0.5, 0.6) is 23.0 Å². The summed E-state index contributed by atoms with van der Waals surface area (Å²) in [5.74, 6) is 1.50. The highest BCUT2D eigenvalue weighted by atomic mass is 16.5. The highest BCUT2D eigenvalue weighted by molar-refractivity contribution is 6.09. The predicted molar refractivity (Wildman–Crippen MR) is 101 cm³/mol.